The van der Waals surface area contributed by atoms with E-state index in [0.717, 1.165) is 0 Å². The molecule has 0 spiro atoms. The van der Waals surface area contributed by atoms with Crippen molar-refractivity contribution in [3.05, 3.63) is 0 Å². The Kier molecular flexibility index (Phi) is 4.33. The van der Waals surface area contributed by atoms with Crippen LogP contribution in [0.3, 0.4) is 0 Å². The Labute approximate surface area is 45.7 Å². The second-order valence-corrected chi connectivity index (χ2v) is 1.64. The van der Waals surface area contributed by atoms with Crippen molar-refractivity contribution in [2.24, 2.45) is 0 Å². The van der Waals surface area contributed by atoms with E-state index in [2.05, 4.69) is 8.70 Å². The monoisotopic (exact) mass is 144 g/mol. The molecular weight excluding hydrogens is 139 g/mol. The van der Waals surface area contributed by atoms with E-state index in [-0.39, 0.29) is 6.61 Å². The standard InChI is InChI=1S/C2H6O2.2O.V/c1-2-4-3;;;/h3H,2H2,1H3;;;/q;;;+1/p-1. The fourth-order valence-corrected chi connectivity index (χ4v) is 0.395. The predicted octanol–water partition coefficient (Wildman–Crippen LogP) is 0.179. The molecule has 0 bridgehead atoms. The van der Waals surface area contributed by atoms with Crippen LogP contribution < -0.4 is 0 Å². The van der Waals surface area contributed by atoms with Gasteiger partial charge in [0.25, 0.3) is 0 Å². The van der Waals surface area contributed by atoms with Gasteiger partial charge in [0.1, 0.15) is 0 Å². The molecule has 0 fully saturated rings. The van der Waals surface area contributed by atoms with Crippen LogP contribution in [0.1, 0.15) is 6.92 Å². The second-order valence-electron chi connectivity index (χ2n) is 0.705. The van der Waals surface area contributed by atoms with E-state index in [0.29, 0.717) is 0 Å². The van der Waals surface area contributed by atoms with E-state index < -0.39 is 15.4 Å². The minimum atomic E-state index is -3.46. The number of hydrogen-bond acceptors (Lipinski definition) is 4. The Morgan fingerprint density at radius 2 is 2.14 bits per heavy atom. The maximum atomic E-state index is 9.53. The van der Waals surface area contributed by atoms with Gasteiger partial charge in [-0.25, -0.2) is 0 Å². The summed E-state index contributed by atoms with van der Waals surface area (Å²) in [6.07, 6.45) is 0. The topological polar surface area (TPSA) is 52.6 Å². The minimum absolute atomic E-state index is 0.260. The fraction of sp³-hybridized carbons (Fsp3) is 1.00. The summed E-state index contributed by atoms with van der Waals surface area (Å²) >= 11 is -3.46. The summed E-state index contributed by atoms with van der Waals surface area (Å²) in [5.74, 6) is 0. The van der Waals surface area contributed by atoms with Gasteiger partial charge in [0.2, 0.25) is 0 Å². The van der Waals surface area contributed by atoms with Crippen LogP contribution in [0.5, 0.6) is 0 Å². The van der Waals surface area contributed by atoms with Crippen LogP contribution in [0.15, 0.2) is 0 Å². The van der Waals surface area contributed by atoms with Crippen LogP contribution in [0.25, 0.3) is 0 Å². The zero-order chi connectivity index (χ0) is 5.70. The fourth-order valence-electron chi connectivity index (χ4n) is 0.0957. The van der Waals surface area contributed by atoms with Gasteiger partial charge in [-0.2, -0.15) is 0 Å². The molecule has 42 valence electrons. The van der Waals surface area contributed by atoms with Crippen molar-refractivity contribution in [1.82, 2.24) is 0 Å². The third kappa shape index (κ3) is 6.10. The number of rotatable bonds is 3. The molecular formula is C2H5O4V. The van der Waals surface area contributed by atoms with E-state index in [1.807, 2.05) is 0 Å². The Hall–Kier alpha value is 0.104. The first-order chi connectivity index (χ1) is 3.27. The first kappa shape index (κ1) is 7.10. The third-order valence-corrected chi connectivity index (χ3v) is 0.586. The zero-order valence-corrected chi connectivity index (χ0v) is 5.18. The van der Waals surface area contributed by atoms with Gasteiger partial charge in [-0.15, -0.1) is 0 Å². The summed E-state index contributed by atoms with van der Waals surface area (Å²) in [6.45, 7) is 1.90. The molecule has 5 heteroatoms. The molecule has 0 N–H and O–H groups in total. The van der Waals surface area contributed by atoms with Gasteiger partial charge in [0, 0.05) is 0 Å². The third-order valence-electron chi connectivity index (χ3n) is 0.231. The summed E-state index contributed by atoms with van der Waals surface area (Å²) in [5.41, 5.74) is 0. The molecule has 0 amide bonds. The summed E-state index contributed by atoms with van der Waals surface area (Å²) in [4.78, 5) is 4.03. The van der Waals surface area contributed by atoms with Crippen molar-refractivity contribution in [3.63, 3.8) is 0 Å². The Morgan fingerprint density at radius 1 is 1.57 bits per heavy atom. The van der Waals surface area contributed by atoms with Crippen LogP contribution in [-0.4, -0.2) is 6.61 Å². The van der Waals surface area contributed by atoms with E-state index in [9.17, 15) is 7.35 Å². The predicted molar refractivity (Wildman–Crippen MR) is 14.1 cm³/mol. The second kappa shape index (κ2) is 4.27. The van der Waals surface area contributed by atoms with Crippen molar-refractivity contribution in [2.45, 2.75) is 6.92 Å². The number of hydrogen-bond donors (Lipinski definition) is 0. The molecule has 0 unspecified atom stereocenters. The van der Waals surface area contributed by atoms with Gasteiger partial charge in [0.15, 0.2) is 0 Å². The van der Waals surface area contributed by atoms with Crippen molar-refractivity contribution >= 4 is 0 Å². The molecule has 0 heterocycles. The van der Waals surface area contributed by atoms with Crippen molar-refractivity contribution < 1.29 is 31.4 Å². The van der Waals surface area contributed by atoms with Gasteiger partial charge >= 0.3 is 45.0 Å². The summed E-state index contributed by atoms with van der Waals surface area (Å²) in [6, 6.07) is 0. The Bertz CT molecular complexity index is 87.9. The van der Waals surface area contributed by atoms with Gasteiger partial charge in [-0.3, -0.25) is 0 Å². The van der Waals surface area contributed by atoms with Crippen LogP contribution in [0.4, 0.5) is 0 Å². The molecule has 0 atom stereocenters. The van der Waals surface area contributed by atoms with Crippen molar-refractivity contribution in [3.8, 4) is 0 Å². The molecule has 0 aliphatic heterocycles. The van der Waals surface area contributed by atoms with E-state index >= 15 is 0 Å². The quantitative estimate of drug-likeness (QED) is 0.418. The van der Waals surface area contributed by atoms with E-state index in [1.165, 1.54) is 0 Å². The molecule has 0 aromatic heterocycles. The summed E-state index contributed by atoms with van der Waals surface area (Å²) < 4.78 is 22.8. The summed E-state index contributed by atoms with van der Waals surface area (Å²) in [5, 5.41) is 0. The van der Waals surface area contributed by atoms with Crippen molar-refractivity contribution in [2.75, 3.05) is 6.61 Å². The van der Waals surface area contributed by atoms with Gasteiger partial charge in [-0.1, -0.05) is 0 Å². The molecule has 0 radical (unpaired) electrons. The first-order valence-corrected chi connectivity index (χ1v) is 3.42. The first-order valence-electron chi connectivity index (χ1n) is 1.71. The molecule has 7 heavy (non-hydrogen) atoms. The Morgan fingerprint density at radius 3 is 2.29 bits per heavy atom. The molecule has 0 aromatic rings. The molecule has 0 rings (SSSR count). The van der Waals surface area contributed by atoms with Gasteiger partial charge in [0.05, 0.1) is 0 Å². The Balaban J connectivity index is 2.98. The normalized spacial score (nSPS) is 8.71. The average molecular weight is 144 g/mol. The molecule has 0 aliphatic carbocycles. The van der Waals surface area contributed by atoms with E-state index in [1.54, 1.807) is 6.92 Å². The molecule has 0 aliphatic rings. The van der Waals surface area contributed by atoms with Crippen LogP contribution in [0.2, 0.25) is 0 Å². The van der Waals surface area contributed by atoms with Crippen LogP contribution in [-0.2, 0) is 31.4 Å². The molecule has 4 nitrogen and oxygen atoms in total. The SMILES string of the molecule is CCO[O][V](=[O])=[O]. The van der Waals surface area contributed by atoms with Crippen molar-refractivity contribution in [1.29, 1.82) is 0 Å². The summed E-state index contributed by atoms with van der Waals surface area (Å²) in [7, 11) is 0. The molecule has 0 saturated heterocycles. The maximum absolute atomic E-state index is 9.53. The van der Waals surface area contributed by atoms with E-state index in [4.69, 9.17) is 0 Å². The average Bonchev–Trinajstić information content (AvgIpc) is 1.61. The van der Waals surface area contributed by atoms with Gasteiger partial charge in [-0.05, 0) is 0 Å². The van der Waals surface area contributed by atoms with Gasteiger partial charge < -0.3 is 0 Å². The van der Waals surface area contributed by atoms with Crippen LogP contribution >= 0.6 is 0 Å². The zero-order valence-electron chi connectivity index (χ0n) is 3.79. The van der Waals surface area contributed by atoms with Crippen LogP contribution in [0, 0.1) is 0 Å². The molecule has 0 saturated carbocycles. The molecule has 0 aromatic carbocycles.